The molecule has 1 atom stereocenters. The summed E-state index contributed by atoms with van der Waals surface area (Å²) in [4.78, 5) is 29.2. The summed E-state index contributed by atoms with van der Waals surface area (Å²) in [5, 5.41) is 13.8. The van der Waals surface area contributed by atoms with Crippen LogP contribution in [0.15, 0.2) is 72.9 Å². The fourth-order valence-corrected chi connectivity index (χ4v) is 4.48. The third kappa shape index (κ3) is 5.51. The molecule has 0 bridgehead atoms. The number of benzene rings is 3. The van der Waals surface area contributed by atoms with Crippen LogP contribution in [0.3, 0.4) is 0 Å². The third-order valence-corrected chi connectivity index (χ3v) is 6.42. The quantitative estimate of drug-likeness (QED) is 0.254. The Morgan fingerprint density at radius 2 is 1.89 bits per heavy atom. The number of hydrogen-bond donors (Lipinski definition) is 2. The van der Waals surface area contributed by atoms with Gasteiger partial charge in [0.1, 0.15) is 0 Å². The zero-order chi connectivity index (χ0) is 24.8. The van der Waals surface area contributed by atoms with Gasteiger partial charge in [-0.2, -0.15) is 5.26 Å². The first-order valence-corrected chi connectivity index (χ1v) is 12.0. The highest BCUT2D eigenvalue weighted by Crippen LogP contribution is 2.26. The van der Waals surface area contributed by atoms with Crippen molar-refractivity contribution in [2.24, 2.45) is 0 Å². The van der Waals surface area contributed by atoms with E-state index < -0.39 is 6.04 Å². The van der Waals surface area contributed by atoms with Gasteiger partial charge in [-0.05, 0) is 42.2 Å². The number of carbonyl (C=O) groups excluding carboxylic acids is 2. The maximum absolute atomic E-state index is 13.7. The molecule has 0 aliphatic carbocycles. The van der Waals surface area contributed by atoms with Gasteiger partial charge in [0.25, 0.3) is 0 Å². The fourth-order valence-electron chi connectivity index (χ4n) is 4.21. The van der Waals surface area contributed by atoms with Crippen LogP contribution in [0.2, 0.25) is 5.02 Å². The third-order valence-electron chi connectivity index (χ3n) is 6.07. The van der Waals surface area contributed by atoms with Gasteiger partial charge in [0.2, 0.25) is 0 Å². The molecule has 0 fully saturated rings. The normalized spacial score (nSPS) is 11.8. The first kappa shape index (κ1) is 24.4. The zero-order valence-corrected chi connectivity index (χ0v) is 20.2. The van der Waals surface area contributed by atoms with Gasteiger partial charge in [-0.15, -0.1) is 0 Å². The van der Waals surface area contributed by atoms with E-state index in [9.17, 15) is 9.59 Å². The lowest BCUT2D eigenvalue weighted by Gasteiger charge is -2.18. The van der Waals surface area contributed by atoms with Gasteiger partial charge in [-0.1, -0.05) is 67.1 Å². The largest absolute Gasteiger partial charge is 0.360 e. The summed E-state index contributed by atoms with van der Waals surface area (Å²) < 4.78 is 0. The molecule has 6 heteroatoms. The summed E-state index contributed by atoms with van der Waals surface area (Å²) in [5.74, 6) is 0.0446. The predicted octanol–water partition coefficient (Wildman–Crippen LogP) is 6.43. The maximum atomic E-state index is 13.7. The summed E-state index contributed by atoms with van der Waals surface area (Å²) in [6, 6.07) is 21.9. The van der Waals surface area contributed by atoms with Gasteiger partial charge in [0, 0.05) is 46.2 Å². The number of fused-ring (bicyclic) bond motifs is 1. The molecule has 0 aliphatic heterocycles. The number of ketones is 2. The predicted molar refractivity (Wildman–Crippen MR) is 139 cm³/mol. The van der Waals surface area contributed by atoms with Gasteiger partial charge in [0.15, 0.2) is 11.6 Å². The number of H-pyrrole nitrogens is 1. The number of aromatic nitrogens is 1. The van der Waals surface area contributed by atoms with E-state index in [4.69, 9.17) is 16.9 Å². The number of rotatable bonds is 10. The van der Waals surface area contributed by atoms with Gasteiger partial charge < -0.3 is 10.3 Å². The molecular weight excluding hydrogens is 458 g/mol. The van der Waals surface area contributed by atoms with Crippen molar-refractivity contribution >= 4 is 34.1 Å². The van der Waals surface area contributed by atoms with Crippen LogP contribution in [0.1, 0.15) is 63.2 Å². The molecule has 1 heterocycles. The van der Waals surface area contributed by atoms with Crippen LogP contribution in [-0.2, 0) is 6.42 Å². The lowest BCUT2D eigenvalue weighted by atomic mass is 9.96. The van der Waals surface area contributed by atoms with Crippen LogP contribution < -0.4 is 5.32 Å². The first-order chi connectivity index (χ1) is 17.0. The van der Waals surface area contributed by atoms with Gasteiger partial charge >= 0.3 is 0 Å². The zero-order valence-electron chi connectivity index (χ0n) is 19.5. The molecule has 0 aliphatic rings. The Kier molecular flexibility index (Phi) is 7.77. The highest BCUT2D eigenvalue weighted by Gasteiger charge is 2.24. The minimum atomic E-state index is -0.547. The van der Waals surface area contributed by atoms with E-state index in [2.05, 4.69) is 16.4 Å². The standard InChI is InChI=1S/C29H26ClN3O2/c1-2-6-27(34)22-11-12-23-24(18-33-26(23)16-22)29(35)28(21-7-4-3-5-8-21)32-14-13-20-10-9-19(17-31)15-25(20)30/h3-5,7-12,15-16,18,28,32-33H,2,6,13-14H2,1H3. The van der Waals surface area contributed by atoms with Crippen molar-refractivity contribution in [2.45, 2.75) is 32.2 Å². The van der Waals surface area contributed by atoms with Crippen molar-refractivity contribution in [3.63, 3.8) is 0 Å². The minimum Gasteiger partial charge on any atom is -0.360 e. The lowest BCUT2D eigenvalue weighted by molar-refractivity contribution is 0.0943. The van der Waals surface area contributed by atoms with E-state index in [0.717, 1.165) is 28.5 Å². The van der Waals surface area contributed by atoms with Crippen LogP contribution in [0.25, 0.3) is 10.9 Å². The molecule has 0 amide bonds. The molecule has 35 heavy (non-hydrogen) atoms. The monoisotopic (exact) mass is 483 g/mol. The molecule has 0 saturated heterocycles. The highest BCUT2D eigenvalue weighted by atomic mass is 35.5. The molecule has 4 rings (SSSR count). The van der Waals surface area contributed by atoms with E-state index in [1.165, 1.54) is 0 Å². The average molecular weight is 484 g/mol. The Hall–Kier alpha value is -3.72. The maximum Gasteiger partial charge on any atom is 0.186 e. The van der Waals surface area contributed by atoms with Crippen LogP contribution in [-0.4, -0.2) is 23.1 Å². The SMILES string of the molecule is CCCC(=O)c1ccc2c(C(=O)C(NCCc3ccc(C#N)cc3Cl)c3ccccc3)c[nH]c2c1. The van der Waals surface area contributed by atoms with E-state index in [0.29, 0.717) is 41.1 Å². The van der Waals surface area contributed by atoms with E-state index >= 15 is 0 Å². The van der Waals surface area contributed by atoms with Crippen molar-refractivity contribution in [1.82, 2.24) is 10.3 Å². The first-order valence-electron chi connectivity index (χ1n) is 11.7. The molecule has 4 aromatic rings. The Bertz CT molecular complexity index is 1400. The number of nitrogens with zero attached hydrogens (tertiary/aromatic N) is 1. The summed E-state index contributed by atoms with van der Waals surface area (Å²) >= 11 is 6.33. The van der Waals surface area contributed by atoms with Gasteiger partial charge in [-0.3, -0.25) is 9.59 Å². The molecule has 176 valence electrons. The molecule has 5 nitrogen and oxygen atoms in total. The molecule has 1 aromatic heterocycles. The second kappa shape index (κ2) is 11.1. The molecule has 0 saturated carbocycles. The van der Waals surface area contributed by atoms with E-state index in [1.54, 1.807) is 24.4 Å². The second-order valence-electron chi connectivity index (χ2n) is 8.47. The van der Waals surface area contributed by atoms with Crippen molar-refractivity contribution in [1.29, 1.82) is 5.26 Å². The number of aromatic amines is 1. The van der Waals surface area contributed by atoms with Crippen molar-refractivity contribution in [3.8, 4) is 6.07 Å². The van der Waals surface area contributed by atoms with Crippen molar-refractivity contribution in [3.05, 3.63) is 106 Å². The molecule has 3 aromatic carbocycles. The van der Waals surface area contributed by atoms with E-state index in [1.807, 2.05) is 55.5 Å². The number of nitrogens with one attached hydrogen (secondary N) is 2. The highest BCUT2D eigenvalue weighted by molar-refractivity contribution is 6.31. The van der Waals surface area contributed by atoms with Crippen LogP contribution in [0, 0.1) is 11.3 Å². The van der Waals surface area contributed by atoms with Gasteiger partial charge in [0.05, 0.1) is 17.7 Å². The Morgan fingerprint density at radius 1 is 1.09 bits per heavy atom. The van der Waals surface area contributed by atoms with Crippen LogP contribution >= 0.6 is 11.6 Å². The molecular formula is C29H26ClN3O2. The Morgan fingerprint density at radius 3 is 2.60 bits per heavy atom. The number of Topliss-reactive ketones (excluding diaryl/α,β-unsaturated/α-hetero) is 2. The molecule has 0 radical (unpaired) electrons. The Labute approximate surface area is 209 Å². The minimum absolute atomic E-state index is 0.0546. The van der Waals surface area contributed by atoms with Crippen LogP contribution in [0.5, 0.6) is 0 Å². The number of carbonyl (C=O) groups is 2. The van der Waals surface area contributed by atoms with Crippen molar-refractivity contribution in [2.75, 3.05) is 6.54 Å². The topological polar surface area (TPSA) is 85.8 Å². The number of nitriles is 1. The molecule has 0 spiro atoms. The van der Waals surface area contributed by atoms with Crippen molar-refractivity contribution < 1.29 is 9.59 Å². The molecule has 1 unspecified atom stereocenters. The van der Waals surface area contributed by atoms with Gasteiger partial charge in [-0.25, -0.2) is 0 Å². The average Bonchev–Trinajstić information content (AvgIpc) is 3.31. The summed E-state index contributed by atoms with van der Waals surface area (Å²) in [6.45, 7) is 2.50. The molecule has 2 N–H and O–H groups in total. The summed E-state index contributed by atoms with van der Waals surface area (Å²) in [6.07, 6.45) is 3.62. The fraction of sp³-hybridized carbons (Fsp3) is 0.207. The lowest BCUT2D eigenvalue weighted by Crippen LogP contribution is -2.30. The summed E-state index contributed by atoms with van der Waals surface area (Å²) in [7, 11) is 0. The van der Waals surface area contributed by atoms with E-state index in [-0.39, 0.29) is 11.6 Å². The summed E-state index contributed by atoms with van der Waals surface area (Å²) in [5.41, 5.74) is 4.29. The Balaban J connectivity index is 1.57. The van der Waals surface area contributed by atoms with Crippen LogP contribution in [0.4, 0.5) is 0 Å². The second-order valence-corrected chi connectivity index (χ2v) is 8.87. The number of halogens is 1. The number of hydrogen-bond acceptors (Lipinski definition) is 4. The smallest absolute Gasteiger partial charge is 0.186 e.